The molecule has 14 heavy (non-hydrogen) atoms. The summed E-state index contributed by atoms with van der Waals surface area (Å²) in [5, 5.41) is 12.7. The molecule has 82 valence electrons. The molecule has 0 aliphatic carbocycles. The van der Waals surface area contributed by atoms with Gasteiger partial charge in [0.05, 0.1) is 12.6 Å². The van der Waals surface area contributed by atoms with Crippen molar-refractivity contribution >= 4 is 5.91 Å². The molecule has 0 aromatic rings. The van der Waals surface area contributed by atoms with E-state index in [1.54, 1.807) is 0 Å². The van der Waals surface area contributed by atoms with Gasteiger partial charge < -0.3 is 26.6 Å². The fourth-order valence-electron chi connectivity index (χ4n) is 1.30. The zero-order valence-electron chi connectivity index (χ0n) is 8.03. The predicted octanol–water partition coefficient (Wildman–Crippen LogP) is -2.46. The molecule has 0 spiro atoms. The number of carbonyl (C=O) groups is 1. The van der Waals surface area contributed by atoms with E-state index >= 15 is 0 Å². The minimum absolute atomic E-state index is 0.275. The average Bonchev–Trinajstić information content (AvgIpc) is 2.52. The topological polar surface area (TPSA) is 111 Å². The van der Waals surface area contributed by atoms with Crippen LogP contribution in [-0.2, 0) is 9.53 Å². The van der Waals surface area contributed by atoms with Crippen LogP contribution in [0.1, 0.15) is 6.42 Å². The van der Waals surface area contributed by atoms with E-state index in [1.807, 2.05) is 0 Å². The number of amides is 1. The second kappa shape index (κ2) is 4.70. The van der Waals surface area contributed by atoms with Crippen LogP contribution in [0.3, 0.4) is 0 Å². The molecule has 1 saturated heterocycles. The van der Waals surface area contributed by atoms with Gasteiger partial charge in [0.25, 0.3) is 0 Å². The molecule has 6 heteroatoms. The summed E-state index contributed by atoms with van der Waals surface area (Å²) in [6, 6.07) is -0.707. The summed E-state index contributed by atoms with van der Waals surface area (Å²) in [7, 11) is 0. The van der Waals surface area contributed by atoms with Crippen molar-refractivity contribution in [2.75, 3.05) is 26.3 Å². The number of nitrogens with one attached hydrogen (secondary N) is 1. The van der Waals surface area contributed by atoms with E-state index in [4.69, 9.17) is 16.2 Å². The Balaban J connectivity index is 2.17. The van der Waals surface area contributed by atoms with E-state index < -0.39 is 17.6 Å². The van der Waals surface area contributed by atoms with E-state index in [0.717, 1.165) is 0 Å². The first-order chi connectivity index (χ1) is 6.53. The van der Waals surface area contributed by atoms with Crippen molar-refractivity contribution in [1.29, 1.82) is 0 Å². The van der Waals surface area contributed by atoms with Gasteiger partial charge in [0.1, 0.15) is 5.60 Å². The third kappa shape index (κ3) is 3.22. The number of ether oxygens (including phenoxy) is 1. The first kappa shape index (κ1) is 11.4. The zero-order chi connectivity index (χ0) is 10.6. The maximum absolute atomic E-state index is 10.6. The third-order valence-corrected chi connectivity index (χ3v) is 2.27. The molecule has 0 radical (unpaired) electrons. The van der Waals surface area contributed by atoms with Crippen LogP contribution >= 0.6 is 0 Å². The van der Waals surface area contributed by atoms with Crippen molar-refractivity contribution in [2.45, 2.75) is 18.1 Å². The summed E-state index contributed by atoms with van der Waals surface area (Å²) >= 11 is 0. The van der Waals surface area contributed by atoms with Crippen LogP contribution in [0.25, 0.3) is 0 Å². The Morgan fingerprint density at radius 2 is 2.43 bits per heavy atom. The lowest BCUT2D eigenvalue weighted by Crippen LogP contribution is -2.49. The molecular weight excluding hydrogens is 186 g/mol. The molecular formula is C8H17N3O3. The second-order valence-corrected chi connectivity index (χ2v) is 3.67. The van der Waals surface area contributed by atoms with Crippen molar-refractivity contribution in [3.05, 3.63) is 0 Å². The van der Waals surface area contributed by atoms with Crippen LogP contribution in [0, 0.1) is 0 Å². The zero-order valence-corrected chi connectivity index (χ0v) is 8.03. The van der Waals surface area contributed by atoms with Gasteiger partial charge in [-0.05, 0) is 0 Å². The Hall–Kier alpha value is -0.690. The molecule has 6 N–H and O–H groups in total. The maximum atomic E-state index is 10.6. The SMILES string of the molecule is NC(=O)C(N)CNCC1(O)CCOC1. The molecule has 1 heterocycles. The van der Waals surface area contributed by atoms with Gasteiger partial charge in [-0.2, -0.15) is 0 Å². The number of primary amides is 1. The number of aliphatic hydroxyl groups is 1. The lowest BCUT2D eigenvalue weighted by molar-refractivity contribution is -0.119. The smallest absolute Gasteiger partial charge is 0.235 e. The van der Waals surface area contributed by atoms with Gasteiger partial charge in [-0.3, -0.25) is 4.79 Å². The van der Waals surface area contributed by atoms with Crippen molar-refractivity contribution in [3.8, 4) is 0 Å². The van der Waals surface area contributed by atoms with Crippen LogP contribution in [0.4, 0.5) is 0 Å². The Labute approximate surface area is 82.6 Å². The highest BCUT2D eigenvalue weighted by Gasteiger charge is 2.31. The van der Waals surface area contributed by atoms with E-state index in [9.17, 15) is 9.90 Å². The maximum Gasteiger partial charge on any atom is 0.235 e. The van der Waals surface area contributed by atoms with Gasteiger partial charge in [-0.15, -0.1) is 0 Å². The van der Waals surface area contributed by atoms with Gasteiger partial charge in [-0.25, -0.2) is 0 Å². The molecule has 6 nitrogen and oxygen atoms in total. The minimum Gasteiger partial charge on any atom is -0.386 e. The predicted molar refractivity (Wildman–Crippen MR) is 50.4 cm³/mol. The summed E-state index contributed by atoms with van der Waals surface area (Å²) in [6.07, 6.45) is 0.603. The van der Waals surface area contributed by atoms with E-state index in [1.165, 1.54) is 0 Å². The summed E-state index contributed by atoms with van der Waals surface area (Å²) < 4.78 is 5.05. The van der Waals surface area contributed by atoms with Crippen LogP contribution in [-0.4, -0.2) is 49.0 Å². The van der Waals surface area contributed by atoms with Crippen molar-refractivity contribution in [1.82, 2.24) is 5.32 Å². The first-order valence-electron chi connectivity index (χ1n) is 4.59. The monoisotopic (exact) mass is 203 g/mol. The van der Waals surface area contributed by atoms with Crippen LogP contribution < -0.4 is 16.8 Å². The fourth-order valence-corrected chi connectivity index (χ4v) is 1.30. The quantitative estimate of drug-likeness (QED) is 0.396. The molecule has 0 aromatic heterocycles. The highest BCUT2D eigenvalue weighted by Crippen LogP contribution is 2.16. The Morgan fingerprint density at radius 1 is 1.71 bits per heavy atom. The average molecular weight is 203 g/mol. The molecule has 2 atom stereocenters. The molecule has 1 rings (SSSR count). The highest BCUT2D eigenvalue weighted by molar-refractivity contribution is 5.79. The fraction of sp³-hybridized carbons (Fsp3) is 0.875. The molecule has 1 amide bonds. The van der Waals surface area contributed by atoms with Crippen molar-refractivity contribution < 1.29 is 14.6 Å². The van der Waals surface area contributed by atoms with Gasteiger partial charge in [-0.1, -0.05) is 0 Å². The summed E-state index contributed by atoms with van der Waals surface area (Å²) in [6.45, 7) is 1.54. The lowest BCUT2D eigenvalue weighted by Gasteiger charge is -2.21. The second-order valence-electron chi connectivity index (χ2n) is 3.67. The number of hydrogen-bond donors (Lipinski definition) is 4. The van der Waals surface area contributed by atoms with Gasteiger partial charge in [0.15, 0.2) is 0 Å². The van der Waals surface area contributed by atoms with Crippen LogP contribution in [0.2, 0.25) is 0 Å². The molecule has 1 aliphatic rings. The number of nitrogens with two attached hydrogens (primary N) is 2. The van der Waals surface area contributed by atoms with E-state index in [0.29, 0.717) is 26.2 Å². The summed E-state index contributed by atoms with van der Waals surface area (Å²) in [5.74, 6) is -0.549. The molecule has 0 aromatic carbocycles. The van der Waals surface area contributed by atoms with Crippen LogP contribution in [0.15, 0.2) is 0 Å². The molecule has 0 saturated carbocycles. The number of hydrogen-bond acceptors (Lipinski definition) is 5. The van der Waals surface area contributed by atoms with Gasteiger partial charge in [0, 0.05) is 26.1 Å². The van der Waals surface area contributed by atoms with Crippen LogP contribution in [0.5, 0.6) is 0 Å². The third-order valence-electron chi connectivity index (χ3n) is 2.27. The molecule has 1 aliphatic heterocycles. The largest absolute Gasteiger partial charge is 0.386 e. The summed E-state index contributed by atoms with van der Waals surface area (Å²) in [5.41, 5.74) is 9.54. The first-order valence-corrected chi connectivity index (χ1v) is 4.59. The number of rotatable bonds is 5. The Morgan fingerprint density at radius 3 is 2.93 bits per heavy atom. The molecule has 0 bridgehead atoms. The minimum atomic E-state index is -0.822. The van der Waals surface area contributed by atoms with Gasteiger partial charge >= 0.3 is 0 Å². The Bertz CT molecular complexity index is 204. The van der Waals surface area contributed by atoms with E-state index in [-0.39, 0.29) is 6.54 Å². The number of carbonyl (C=O) groups excluding carboxylic acids is 1. The van der Waals surface area contributed by atoms with E-state index in [2.05, 4.69) is 5.32 Å². The van der Waals surface area contributed by atoms with Crippen molar-refractivity contribution in [3.63, 3.8) is 0 Å². The normalized spacial score (nSPS) is 29.0. The lowest BCUT2D eigenvalue weighted by atomic mass is 10.0. The summed E-state index contributed by atoms with van der Waals surface area (Å²) in [4.78, 5) is 10.6. The van der Waals surface area contributed by atoms with Crippen molar-refractivity contribution in [2.24, 2.45) is 11.5 Å². The standard InChI is InChI=1S/C8H17N3O3/c9-6(7(10)12)3-11-4-8(13)1-2-14-5-8/h6,11,13H,1-5,9H2,(H2,10,12). The highest BCUT2D eigenvalue weighted by atomic mass is 16.5. The molecule has 2 unspecified atom stereocenters. The Kier molecular flexibility index (Phi) is 3.82. The molecule has 1 fully saturated rings. The van der Waals surface area contributed by atoms with Gasteiger partial charge in [0.2, 0.25) is 5.91 Å².